The third-order valence-electron chi connectivity index (χ3n) is 2.11. The van der Waals surface area contributed by atoms with Gasteiger partial charge in [0.05, 0.1) is 6.10 Å². The minimum Gasteiger partial charge on any atom is -0.459 e. The predicted octanol–water partition coefficient (Wildman–Crippen LogP) is 2.11. The molecule has 1 aromatic heterocycles. The molecular formula is C12H15N5O. The Labute approximate surface area is 105 Å². The average Bonchev–Trinajstić information content (AvgIpc) is 2.34. The standard InChI is InChI=1S/C12H15N5O/c1-8(2)18-12-16-14-11(15-17-12)13-10-6-4-9(3)5-7-10/h4-8H,1-3H3,(H,13,14,15). The molecule has 6 heteroatoms. The fourth-order valence-corrected chi connectivity index (χ4v) is 1.29. The first-order valence-corrected chi connectivity index (χ1v) is 5.71. The molecule has 0 radical (unpaired) electrons. The van der Waals surface area contributed by atoms with Crippen molar-refractivity contribution in [2.75, 3.05) is 5.32 Å². The van der Waals surface area contributed by atoms with Crippen molar-refractivity contribution >= 4 is 11.6 Å². The molecule has 0 aliphatic heterocycles. The number of nitrogens with zero attached hydrogens (tertiary/aromatic N) is 4. The number of ether oxygens (including phenoxy) is 1. The van der Waals surface area contributed by atoms with Gasteiger partial charge in [0.25, 0.3) is 5.95 Å². The largest absolute Gasteiger partial charge is 0.459 e. The van der Waals surface area contributed by atoms with E-state index in [2.05, 4.69) is 25.7 Å². The highest BCUT2D eigenvalue weighted by molar-refractivity contribution is 5.52. The van der Waals surface area contributed by atoms with E-state index in [1.54, 1.807) is 0 Å². The Balaban J connectivity index is 2.04. The fraction of sp³-hybridized carbons (Fsp3) is 0.333. The lowest BCUT2D eigenvalue weighted by Crippen LogP contribution is -2.11. The maximum atomic E-state index is 5.26. The van der Waals surface area contributed by atoms with Crippen LogP contribution in [0.5, 0.6) is 6.01 Å². The van der Waals surface area contributed by atoms with Crippen molar-refractivity contribution in [3.8, 4) is 6.01 Å². The summed E-state index contributed by atoms with van der Waals surface area (Å²) >= 11 is 0. The van der Waals surface area contributed by atoms with Crippen LogP contribution >= 0.6 is 0 Å². The highest BCUT2D eigenvalue weighted by Gasteiger charge is 2.04. The first-order chi connectivity index (χ1) is 8.63. The summed E-state index contributed by atoms with van der Waals surface area (Å²) in [6.45, 7) is 5.81. The van der Waals surface area contributed by atoms with E-state index < -0.39 is 0 Å². The quantitative estimate of drug-likeness (QED) is 0.889. The van der Waals surface area contributed by atoms with Gasteiger partial charge in [0.15, 0.2) is 0 Å². The Hall–Kier alpha value is -2.24. The first kappa shape index (κ1) is 12.2. The Morgan fingerprint density at radius 1 is 1.00 bits per heavy atom. The van der Waals surface area contributed by atoms with E-state index in [9.17, 15) is 0 Å². The number of rotatable bonds is 4. The van der Waals surface area contributed by atoms with Gasteiger partial charge in [-0.25, -0.2) is 0 Å². The highest BCUT2D eigenvalue weighted by Crippen LogP contribution is 2.12. The Bertz CT molecular complexity index is 495. The summed E-state index contributed by atoms with van der Waals surface area (Å²) in [4.78, 5) is 0. The highest BCUT2D eigenvalue weighted by atomic mass is 16.5. The normalized spacial score (nSPS) is 10.4. The van der Waals surface area contributed by atoms with Gasteiger partial charge in [0.1, 0.15) is 0 Å². The minimum absolute atomic E-state index is 0.00417. The molecule has 0 saturated carbocycles. The van der Waals surface area contributed by atoms with E-state index in [1.165, 1.54) is 5.56 Å². The van der Waals surface area contributed by atoms with Gasteiger partial charge < -0.3 is 10.1 Å². The number of hydrogen-bond donors (Lipinski definition) is 1. The minimum atomic E-state index is 0.00417. The van der Waals surface area contributed by atoms with Gasteiger partial charge >= 0.3 is 6.01 Å². The van der Waals surface area contributed by atoms with Gasteiger partial charge in [-0.15, -0.1) is 10.2 Å². The van der Waals surface area contributed by atoms with Crippen LogP contribution in [-0.4, -0.2) is 26.5 Å². The molecule has 1 heterocycles. The second-order valence-electron chi connectivity index (χ2n) is 4.16. The van der Waals surface area contributed by atoms with E-state index in [1.807, 2.05) is 45.0 Å². The number of benzene rings is 1. The van der Waals surface area contributed by atoms with Crippen molar-refractivity contribution in [1.29, 1.82) is 0 Å². The van der Waals surface area contributed by atoms with Crippen LogP contribution in [0.15, 0.2) is 24.3 Å². The van der Waals surface area contributed by atoms with Crippen molar-refractivity contribution in [3.63, 3.8) is 0 Å². The summed E-state index contributed by atoms with van der Waals surface area (Å²) in [7, 11) is 0. The van der Waals surface area contributed by atoms with Gasteiger partial charge in [-0.2, -0.15) is 0 Å². The lowest BCUT2D eigenvalue weighted by Gasteiger charge is -2.06. The zero-order valence-corrected chi connectivity index (χ0v) is 10.6. The second kappa shape index (κ2) is 5.39. The molecule has 0 aliphatic rings. The molecular weight excluding hydrogens is 230 g/mol. The summed E-state index contributed by atoms with van der Waals surface area (Å²) in [5.74, 6) is 0.343. The number of nitrogens with one attached hydrogen (secondary N) is 1. The van der Waals surface area contributed by atoms with Crippen LogP contribution in [0.2, 0.25) is 0 Å². The maximum Gasteiger partial charge on any atom is 0.355 e. The Morgan fingerprint density at radius 2 is 1.61 bits per heavy atom. The molecule has 2 rings (SSSR count). The van der Waals surface area contributed by atoms with Crippen LogP contribution in [-0.2, 0) is 0 Å². The number of hydrogen-bond acceptors (Lipinski definition) is 6. The molecule has 0 spiro atoms. The number of anilines is 2. The van der Waals surface area contributed by atoms with E-state index in [4.69, 9.17) is 4.74 Å². The van der Waals surface area contributed by atoms with Gasteiger partial charge in [-0.05, 0) is 32.9 Å². The molecule has 1 aromatic carbocycles. The molecule has 0 aliphatic carbocycles. The van der Waals surface area contributed by atoms with Crippen LogP contribution in [0.3, 0.4) is 0 Å². The van der Waals surface area contributed by atoms with E-state index in [-0.39, 0.29) is 12.1 Å². The lowest BCUT2D eigenvalue weighted by molar-refractivity contribution is 0.216. The SMILES string of the molecule is Cc1ccc(Nc2nnc(OC(C)C)nn2)cc1. The van der Waals surface area contributed by atoms with Crippen LogP contribution in [0.25, 0.3) is 0 Å². The molecule has 0 bridgehead atoms. The maximum absolute atomic E-state index is 5.26. The van der Waals surface area contributed by atoms with Gasteiger partial charge in [0, 0.05) is 5.69 Å². The van der Waals surface area contributed by atoms with Crippen LogP contribution in [0.1, 0.15) is 19.4 Å². The average molecular weight is 245 g/mol. The molecule has 0 fully saturated rings. The summed E-state index contributed by atoms with van der Waals surface area (Å²) in [6, 6.07) is 8.06. The van der Waals surface area contributed by atoms with Crippen molar-refractivity contribution in [3.05, 3.63) is 29.8 Å². The molecule has 0 atom stereocenters. The van der Waals surface area contributed by atoms with Crippen molar-refractivity contribution in [2.45, 2.75) is 26.9 Å². The second-order valence-corrected chi connectivity index (χ2v) is 4.16. The van der Waals surface area contributed by atoms with Crippen LogP contribution < -0.4 is 10.1 Å². The summed E-state index contributed by atoms with van der Waals surface area (Å²) < 4.78 is 5.26. The van der Waals surface area contributed by atoms with Crippen molar-refractivity contribution < 1.29 is 4.74 Å². The van der Waals surface area contributed by atoms with Gasteiger partial charge in [0.2, 0.25) is 0 Å². The molecule has 0 amide bonds. The van der Waals surface area contributed by atoms with E-state index in [0.717, 1.165) is 5.69 Å². The number of aryl methyl sites for hydroxylation is 1. The Morgan fingerprint density at radius 3 is 2.17 bits per heavy atom. The third kappa shape index (κ3) is 3.38. The lowest BCUT2D eigenvalue weighted by atomic mass is 10.2. The smallest absolute Gasteiger partial charge is 0.355 e. The summed E-state index contributed by atoms with van der Waals surface area (Å²) in [5.41, 5.74) is 2.08. The molecule has 1 N–H and O–H groups in total. The molecule has 0 unspecified atom stereocenters. The van der Waals surface area contributed by atoms with Crippen LogP contribution in [0.4, 0.5) is 11.6 Å². The predicted molar refractivity (Wildman–Crippen MR) is 67.8 cm³/mol. The third-order valence-corrected chi connectivity index (χ3v) is 2.11. The summed E-state index contributed by atoms with van der Waals surface area (Å²) in [6.07, 6.45) is 0.00417. The van der Waals surface area contributed by atoms with Gasteiger partial charge in [-0.3, -0.25) is 0 Å². The van der Waals surface area contributed by atoms with E-state index in [0.29, 0.717) is 5.95 Å². The summed E-state index contributed by atoms with van der Waals surface area (Å²) in [5, 5.41) is 18.4. The molecule has 18 heavy (non-hydrogen) atoms. The van der Waals surface area contributed by atoms with Crippen LogP contribution in [0, 0.1) is 6.92 Å². The Kier molecular flexibility index (Phi) is 3.66. The van der Waals surface area contributed by atoms with Crippen molar-refractivity contribution in [2.24, 2.45) is 0 Å². The monoisotopic (exact) mass is 245 g/mol. The topological polar surface area (TPSA) is 72.8 Å². The number of aromatic nitrogens is 4. The van der Waals surface area contributed by atoms with Gasteiger partial charge in [-0.1, -0.05) is 27.9 Å². The zero-order valence-electron chi connectivity index (χ0n) is 10.6. The molecule has 94 valence electrons. The molecule has 2 aromatic rings. The van der Waals surface area contributed by atoms with Crippen molar-refractivity contribution in [1.82, 2.24) is 20.4 Å². The first-order valence-electron chi connectivity index (χ1n) is 5.71. The van der Waals surface area contributed by atoms with E-state index >= 15 is 0 Å². The molecule has 0 saturated heterocycles. The molecule has 6 nitrogen and oxygen atoms in total. The fourth-order valence-electron chi connectivity index (χ4n) is 1.29. The zero-order chi connectivity index (χ0) is 13.0.